The van der Waals surface area contributed by atoms with E-state index < -0.39 is 16.0 Å². The molecule has 2 aliphatic heterocycles. The summed E-state index contributed by atoms with van der Waals surface area (Å²) in [5.74, 6) is 0.0950. The molecule has 4 aromatic rings. The molecule has 2 saturated heterocycles. The van der Waals surface area contributed by atoms with Gasteiger partial charge in [-0.2, -0.15) is 0 Å². The average Bonchev–Trinajstić information content (AvgIpc) is 3.11. The summed E-state index contributed by atoms with van der Waals surface area (Å²) >= 11 is 17.0. The second-order valence-corrected chi connectivity index (χ2v) is 14.0. The molecular weight excluding hydrogens is 661 g/mol. The highest BCUT2D eigenvalue weighted by molar-refractivity contribution is 6.76. The van der Waals surface area contributed by atoms with E-state index in [-0.39, 0.29) is 25.4 Å². The summed E-state index contributed by atoms with van der Waals surface area (Å²) in [6, 6.07) is 25.7. The number of nitrogens with zero attached hydrogens (tertiary/aromatic N) is 4. The predicted molar refractivity (Wildman–Crippen MR) is 183 cm³/mol. The Morgan fingerprint density at radius 1 is 0.851 bits per heavy atom. The van der Waals surface area contributed by atoms with E-state index in [1.165, 1.54) is 0 Å². The molecule has 246 valence electrons. The van der Waals surface area contributed by atoms with Crippen LogP contribution in [0.15, 0.2) is 91.3 Å². The van der Waals surface area contributed by atoms with Crippen LogP contribution in [0.25, 0.3) is 11.1 Å². The van der Waals surface area contributed by atoms with Gasteiger partial charge in [0.1, 0.15) is 0 Å². The molecule has 2 fully saturated rings. The van der Waals surface area contributed by atoms with Gasteiger partial charge < -0.3 is 24.8 Å². The third-order valence-corrected chi connectivity index (χ3v) is 8.95. The van der Waals surface area contributed by atoms with Gasteiger partial charge in [0.25, 0.3) is 9.70 Å². The Hall–Kier alpha value is -3.28. The van der Waals surface area contributed by atoms with E-state index in [1.807, 2.05) is 78.9 Å². The maximum atomic E-state index is 12.0. The van der Waals surface area contributed by atoms with Gasteiger partial charge in [-0.1, -0.05) is 102 Å². The number of piperazine rings is 1. The third-order valence-electron chi connectivity index (χ3n) is 8.44. The number of carbonyl (C=O) groups is 1. The average molecular weight is 697 g/mol. The molecule has 1 aromatic heterocycles. The Kier molecular flexibility index (Phi) is 10.9. The van der Waals surface area contributed by atoms with Crippen LogP contribution in [0.5, 0.6) is 0 Å². The summed E-state index contributed by atoms with van der Waals surface area (Å²) in [4.78, 5) is 25.4. The molecule has 0 spiro atoms. The molecule has 0 bridgehead atoms. The van der Waals surface area contributed by atoms with E-state index in [0.29, 0.717) is 0 Å². The van der Waals surface area contributed by atoms with E-state index in [9.17, 15) is 9.90 Å². The van der Waals surface area contributed by atoms with Gasteiger partial charge in [-0.15, -0.1) is 0 Å². The van der Waals surface area contributed by atoms with Crippen molar-refractivity contribution < 1.29 is 19.4 Å². The number of aliphatic hydroxyl groups excluding tert-OH is 1. The normalized spacial score (nSPS) is 20.6. The van der Waals surface area contributed by atoms with Crippen molar-refractivity contribution in [2.45, 2.75) is 41.9 Å². The number of anilines is 1. The topological polar surface area (TPSA) is 100 Å². The van der Waals surface area contributed by atoms with Crippen molar-refractivity contribution in [2.24, 2.45) is 0 Å². The van der Waals surface area contributed by atoms with Gasteiger partial charge in [0.15, 0.2) is 6.29 Å². The highest BCUT2D eigenvalue weighted by Gasteiger charge is 2.34. The fourth-order valence-corrected chi connectivity index (χ4v) is 6.08. The van der Waals surface area contributed by atoms with Gasteiger partial charge in [-0.3, -0.25) is 9.69 Å². The molecule has 0 radical (unpaired) electrons. The monoisotopic (exact) mass is 695 g/mol. The lowest BCUT2D eigenvalue weighted by molar-refractivity contribution is -0.253. The first-order chi connectivity index (χ1) is 22.7. The minimum atomic E-state index is -2.01. The minimum Gasteiger partial charge on any atom is -0.392 e. The van der Waals surface area contributed by atoms with Crippen molar-refractivity contribution in [1.82, 2.24) is 20.2 Å². The van der Waals surface area contributed by atoms with Gasteiger partial charge in [-0.05, 0) is 39.9 Å². The lowest BCUT2D eigenvalue weighted by Crippen LogP contribution is -2.50. The van der Waals surface area contributed by atoms with Crippen molar-refractivity contribution in [3.05, 3.63) is 114 Å². The number of ether oxygens (including phenoxy) is 2. The number of halogens is 3. The van der Waals surface area contributed by atoms with Crippen molar-refractivity contribution in [2.75, 3.05) is 37.6 Å². The Labute approximate surface area is 289 Å². The zero-order valence-electron chi connectivity index (χ0n) is 25.6. The maximum Gasteiger partial charge on any atom is 0.272 e. The number of benzene rings is 3. The number of hydrogen-bond donors (Lipinski definition) is 2. The van der Waals surface area contributed by atoms with Gasteiger partial charge >= 0.3 is 0 Å². The maximum absolute atomic E-state index is 12.0. The molecule has 1 amide bonds. The van der Waals surface area contributed by atoms with Crippen LogP contribution in [0.2, 0.25) is 0 Å². The zero-order chi connectivity index (χ0) is 32.8. The van der Waals surface area contributed by atoms with Crippen LogP contribution >= 0.6 is 34.8 Å². The lowest BCUT2D eigenvalue weighted by Gasteiger charge is -2.40. The van der Waals surface area contributed by atoms with E-state index in [2.05, 4.69) is 25.1 Å². The van der Waals surface area contributed by atoms with Gasteiger partial charge in [-0.25, -0.2) is 9.97 Å². The van der Waals surface area contributed by atoms with Crippen molar-refractivity contribution >= 4 is 46.7 Å². The number of amides is 1. The van der Waals surface area contributed by atoms with E-state index >= 15 is 0 Å². The SMILES string of the molecule is O=C(NCc1cccc(-c2ccc([C@@H]3O[C@H](CN4CCN(c5ncccn5)CC4)C[C@H](c4ccc(CO)cc4)O3)cc2)c1)C(Cl)(Cl)Cl. The van der Waals surface area contributed by atoms with E-state index in [1.54, 1.807) is 12.4 Å². The summed E-state index contributed by atoms with van der Waals surface area (Å²) < 4.78 is 11.2. The molecule has 0 unspecified atom stereocenters. The zero-order valence-corrected chi connectivity index (χ0v) is 27.9. The van der Waals surface area contributed by atoms with E-state index in [4.69, 9.17) is 44.3 Å². The fourth-order valence-electron chi connectivity index (χ4n) is 5.88. The first kappa shape index (κ1) is 33.6. The summed E-state index contributed by atoms with van der Waals surface area (Å²) in [6.45, 7) is 4.50. The first-order valence-electron chi connectivity index (χ1n) is 15.5. The van der Waals surface area contributed by atoms with Crippen LogP contribution in [-0.2, 0) is 27.4 Å². The molecule has 6 rings (SSSR count). The number of aromatic nitrogens is 2. The van der Waals surface area contributed by atoms with Gasteiger partial charge in [0.2, 0.25) is 5.95 Å². The van der Waals surface area contributed by atoms with Crippen molar-refractivity contribution in [1.29, 1.82) is 0 Å². The second-order valence-electron chi connectivity index (χ2n) is 11.7. The molecule has 3 heterocycles. The Morgan fingerprint density at radius 2 is 1.55 bits per heavy atom. The van der Waals surface area contributed by atoms with E-state index in [0.717, 1.165) is 78.5 Å². The van der Waals surface area contributed by atoms with Crippen LogP contribution in [0, 0.1) is 0 Å². The van der Waals surface area contributed by atoms with Crippen LogP contribution in [0.3, 0.4) is 0 Å². The van der Waals surface area contributed by atoms with Gasteiger partial charge in [0, 0.05) is 63.6 Å². The molecule has 2 N–H and O–H groups in total. The molecular formula is C35H36Cl3N5O4. The first-order valence-corrected chi connectivity index (χ1v) is 16.7. The molecule has 0 aliphatic carbocycles. The largest absolute Gasteiger partial charge is 0.392 e. The highest BCUT2D eigenvalue weighted by Crippen LogP contribution is 2.39. The minimum absolute atomic E-state index is 0.000977. The number of carbonyl (C=O) groups excluding carboxylic acids is 1. The molecule has 3 aromatic carbocycles. The fraction of sp³-hybridized carbons (Fsp3) is 0.343. The summed E-state index contributed by atoms with van der Waals surface area (Å²) in [5.41, 5.74) is 5.72. The van der Waals surface area contributed by atoms with Crippen LogP contribution in [-0.4, -0.2) is 68.5 Å². The third kappa shape index (κ3) is 8.80. The standard InChI is InChI=1S/C35H36Cl3N5O4/c36-35(37,38)33(45)41-21-25-3-1-4-29(19-25)26-9-11-28(12-10-26)32-46-30(20-31(47-32)27-7-5-24(23-44)6-8-27)22-42-15-17-43(18-16-42)34-39-13-2-14-40-34/h1-14,19,30-32,44H,15-18,20-23H2,(H,41,45)/t30-,31+,32+/m0/s1. The predicted octanol–water partition coefficient (Wildman–Crippen LogP) is 5.99. The number of aliphatic hydroxyl groups is 1. The summed E-state index contributed by atoms with van der Waals surface area (Å²) in [5, 5.41) is 12.2. The lowest BCUT2D eigenvalue weighted by atomic mass is 9.98. The number of hydrogen-bond acceptors (Lipinski definition) is 8. The summed E-state index contributed by atoms with van der Waals surface area (Å²) in [6.07, 6.45) is 3.52. The Bertz CT molecular complexity index is 1620. The molecule has 9 nitrogen and oxygen atoms in total. The number of nitrogens with one attached hydrogen (secondary N) is 1. The Morgan fingerprint density at radius 3 is 2.23 bits per heavy atom. The second kappa shape index (κ2) is 15.3. The molecule has 0 saturated carbocycles. The molecule has 47 heavy (non-hydrogen) atoms. The van der Waals surface area contributed by atoms with Crippen molar-refractivity contribution in [3.8, 4) is 11.1 Å². The smallest absolute Gasteiger partial charge is 0.272 e. The number of alkyl halides is 3. The van der Waals surface area contributed by atoms with Crippen LogP contribution < -0.4 is 10.2 Å². The van der Waals surface area contributed by atoms with Crippen LogP contribution in [0.4, 0.5) is 5.95 Å². The quantitative estimate of drug-likeness (QED) is 0.206. The summed E-state index contributed by atoms with van der Waals surface area (Å²) in [7, 11) is 0. The Balaban J connectivity index is 1.14. The molecule has 12 heteroatoms. The molecule has 3 atom stereocenters. The van der Waals surface area contributed by atoms with Crippen molar-refractivity contribution in [3.63, 3.8) is 0 Å². The molecule has 2 aliphatic rings. The van der Waals surface area contributed by atoms with Gasteiger partial charge in [0.05, 0.1) is 18.8 Å². The van der Waals surface area contributed by atoms with Crippen LogP contribution in [0.1, 0.15) is 41.1 Å². The number of rotatable bonds is 9. The highest BCUT2D eigenvalue weighted by atomic mass is 35.6.